The molecule has 24 heavy (non-hydrogen) atoms. The maximum absolute atomic E-state index is 12.4. The number of imidazole rings is 1. The lowest BCUT2D eigenvalue weighted by Gasteiger charge is -2.38. The SMILES string of the molecule is O=C(c1ccc(Cn2ccnc2)o1)N1CC(n2cc(CO)nn2)C1. The van der Waals surface area contributed by atoms with E-state index in [1.165, 1.54) is 0 Å². The van der Waals surface area contributed by atoms with Crippen molar-refractivity contribution in [1.29, 1.82) is 0 Å². The molecule has 0 aromatic carbocycles. The Morgan fingerprint density at radius 3 is 2.96 bits per heavy atom. The highest BCUT2D eigenvalue weighted by Crippen LogP contribution is 2.23. The highest BCUT2D eigenvalue weighted by molar-refractivity contribution is 5.92. The van der Waals surface area contributed by atoms with Crippen molar-refractivity contribution in [3.05, 3.63) is 54.3 Å². The Hall–Kier alpha value is -2.94. The summed E-state index contributed by atoms with van der Waals surface area (Å²) < 4.78 is 9.18. The summed E-state index contributed by atoms with van der Waals surface area (Å²) in [4.78, 5) is 18.1. The molecule has 1 aliphatic rings. The summed E-state index contributed by atoms with van der Waals surface area (Å²) in [5, 5.41) is 16.8. The second-order valence-electron chi connectivity index (χ2n) is 5.71. The van der Waals surface area contributed by atoms with E-state index in [1.54, 1.807) is 40.4 Å². The van der Waals surface area contributed by atoms with Crippen molar-refractivity contribution in [1.82, 2.24) is 29.4 Å². The predicted octanol–water partition coefficient (Wildman–Crippen LogP) is 0.305. The molecule has 0 atom stereocenters. The van der Waals surface area contributed by atoms with Gasteiger partial charge in [0.2, 0.25) is 0 Å². The van der Waals surface area contributed by atoms with Gasteiger partial charge in [0.25, 0.3) is 5.91 Å². The van der Waals surface area contributed by atoms with E-state index in [0.717, 1.165) is 0 Å². The number of furan rings is 1. The fourth-order valence-corrected chi connectivity index (χ4v) is 2.65. The van der Waals surface area contributed by atoms with Crippen molar-refractivity contribution in [3.63, 3.8) is 0 Å². The second kappa shape index (κ2) is 5.93. The number of aromatic nitrogens is 5. The molecule has 9 heteroatoms. The zero-order valence-corrected chi connectivity index (χ0v) is 12.8. The molecule has 0 aliphatic carbocycles. The van der Waals surface area contributed by atoms with Gasteiger partial charge in [-0.25, -0.2) is 9.67 Å². The summed E-state index contributed by atoms with van der Waals surface area (Å²) in [6, 6.07) is 3.58. The van der Waals surface area contributed by atoms with E-state index in [0.29, 0.717) is 36.8 Å². The predicted molar refractivity (Wildman–Crippen MR) is 80.9 cm³/mol. The van der Waals surface area contributed by atoms with E-state index in [1.807, 2.05) is 10.8 Å². The van der Waals surface area contributed by atoms with E-state index < -0.39 is 0 Å². The van der Waals surface area contributed by atoms with E-state index in [-0.39, 0.29) is 18.6 Å². The van der Waals surface area contributed by atoms with Gasteiger partial charge in [-0.1, -0.05) is 5.21 Å². The minimum Gasteiger partial charge on any atom is -0.454 e. The largest absolute Gasteiger partial charge is 0.454 e. The third kappa shape index (κ3) is 2.69. The number of amides is 1. The Bertz CT molecular complexity index is 831. The van der Waals surface area contributed by atoms with Crippen LogP contribution in [0.1, 0.15) is 28.1 Å². The Kier molecular flexibility index (Phi) is 3.62. The average Bonchev–Trinajstić information content (AvgIpc) is 3.27. The van der Waals surface area contributed by atoms with Crippen molar-refractivity contribution in [2.24, 2.45) is 0 Å². The third-order valence-electron chi connectivity index (χ3n) is 4.01. The first-order valence-electron chi connectivity index (χ1n) is 7.58. The van der Waals surface area contributed by atoms with Crippen LogP contribution in [0.5, 0.6) is 0 Å². The molecule has 1 fully saturated rings. The van der Waals surface area contributed by atoms with E-state index in [4.69, 9.17) is 9.52 Å². The van der Waals surface area contributed by atoms with Gasteiger partial charge in [0.05, 0.1) is 31.7 Å². The zero-order valence-electron chi connectivity index (χ0n) is 12.8. The molecule has 1 aliphatic heterocycles. The number of rotatable bonds is 5. The van der Waals surface area contributed by atoms with Crippen LogP contribution in [0.15, 0.2) is 41.5 Å². The van der Waals surface area contributed by atoms with Crippen LogP contribution in [0.4, 0.5) is 0 Å². The summed E-state index contributed by atoms with van der Waals surface area (Å²) in [7, 11) is 0. The molecule has 124 valence electrons. The molecule has 0 spiro atoms. The average molecular weight is 328 g/mol. The lowest BCUT2D eigenvalue weighted by molar-refractivity contribution is 0.0465. The van der Waals surface area contributed by atoms with Crippen LogP contribution in [0.3, 0.4) is 0 Å². The molecule has 0 radical (unpaired) electrons. The van der Waals surface area contributed by atoms with Gasteiger partial charge in [-0.15, -0.1) is 5.10 Å². The molecular formula is C15H16N6O3. The molecule has 1 saturated heterocycles. The van der Waals surface area contributed by atoms with Crippen molar-refractivity contribution in [2.45, 2.75) is 19.2 Å². The maximum Gasteiger partial charge on any atom is 0.289 e. The topological polar surface area (TPSA) is 102 Å². The Balaban J connectivity index is 1.36. The Morgan fingerprint density at radius 2 is 2.25 bits per heavy atom. The van der Waals surface area contributed by atoms with Gasteiger partial charge < -0.3 is 19.0 Å². The van der Waals surface area contributed by atoms with Gasteiger partial charge in [-0.05, 0) is 12.1 Å². The summed E-state index contributed by atoms with van der Waals surface area (Å²) in [6.07, 6.45) is 6.93. The number of likely N-dealkylation sites (tertiary alicyclic amines) is 1. The number of carbonyl (C=O) groups is 1. The molecule has 0 saturated carbocycles. The maximum atomic E-state index is 12.4. The number of carbonyl (C=O) groups excluding carboxylic acids is 1. The zero-order chi connectivity index (χ0) is 16.5. The van der Waals surface area contributed by atoms with Crippen molar-refractivity contribution >= 4 is 5.91 Å². The number of hydrogen-bond donors (Lipinski definition) is 1. The highest BCUT2D eigenvalue weighted by atomic mass is 16.4. The van der Waals surface area contributed by atoms with E-state index in [9.17, 15) is 4.79 Å². The van der Waals surface area contributed by atoms with Crippen molar-refractivity contribution < 1.29 is 14.3 Å². The van der Waals surface area contributed by atoms with Crippen LogP contribution in [-0.2, 0) is 13.2 Å². The lowest BCUT2D eigenvalue weighted by atomic mass is 10.1. The Morgan fingerprint density at radius 1 is 1.38 bits per heavy atom. The molecule has 4 heterocycles. The molecule has 0 unspecified atom stereocenters. The smallest absolute Gasteiger partial charge is 0.289 e. The van der Waals surface area contributed by atoms with Crippen LogP contribution in [0, 0.1) is 0 Å². The molecule has 4 rings (SSSR count). The monoisotopic (exact) mass is 328 g/mol. The van der Waals surface area contributed by atoms with E-state index >= 15 is 0 Å². The molecule has 3 aromatic rings. The number of aliphatic hydroxyl groups excluding tert-OH is 1. The van der Waals surface area contributed by atoms with Gasteiger partial charge >= 0.3 is 0 Å². The number of aliphatic hydroxyl groups is 1. The molecule has 1 N–H and O–H groups in total. The summed E-state index contributed by atoms with van der Waals surface area (Å²) in [5.41, 5.74) is 0.523. The normalized spacial score (nSPS) is 14.8. The van der Waals surface area contributed by atoms with Gasteiger partial charge in [0, 0.05) is 25.5 Å². The van der Waals surface area contributed by atoms with Crippen LogP contribution < -0.4 is 0 Å². The van der Waals surface area contributed by atoms with Crippen LogP contribution in [0.2, 0.25) is 0 Å². The standard InChI is InChI=1S/C15H16N6O3/c22-9-11-5-21(18-17-11)12-6-20(7-12)15(23)14-2-1-13(24-14)8-19-4-3-16-10-19/h1-5,10,12,22H,6-9H2. The summed E-state index contributed by atoms with van der Waals surface area (Å²) in [6.45, 7) is 1.50. The first-order chi connectivity index (χ1) is 11.7. The number of hydrogen-bond acceptors (Lipinski definition) is 6. The van der Waals surface area contributed by atoms with Crippen LogP contribution >= 0.6 is 0 Å². The molecule has 1 amide bonds. The summed E-state index contributed by atoms with van der Waals surface area (Å²) in [5.74, 6) is 0.904. The van der Waals surface area contributed by atoms with Crippen LogP contribution in [-0.4, -0.2) is 53.5 Å². The molecular weight excluding hydrogens is 312 g/mol. The van der Waals surface area contributed by atoms with Crippen molar-refractivity contribution in [2.75, 3.05) is 13.1 Å². The molecule has 9 nitrogen and oxygen atoms in total. The van der Waals surface area contributed by atoms with Crippen LogP contribution in [0.25, 0.3) is 0 Å². The Labute approximate surface area is 137 Å². The fraction of sp³-hybridized carbons (Fsp3) is 0.333. The quantitative estimate of drug-likeness (QED) is 0.723. The lowest BCUT2D eigenvalue weighted by Crippen LogP contribution is -2.50. The van der Waals surface area contributed by atoms with Crippen molar-refractivity contribution in [3.8, 4) is 0 Å². The number of nitrogens with zero attached hydrogens (tertiary/aromatic N) is 6. The first-order valence-corrected chi connectivity index (χ1v) is 7.58. The summed E-state index contributed by atoms with van der Waals surface area (Å²) >= 11 is 0. The fourth-order valence-electron chi connectivity index (χ4n) is 2.65. The van der Waals surface area contributed by atoms with E-state index in [2.05, 4.69) is 15.3 Å². The third-order valence-corrected chi connectivity index (χ3v) is 4.01. The minimum absolute atomic E-state index is 0.0853. The van der Waals surface area contributed by atoms with Gasteiger partial charge in [0.15, 0.2) is 5.76 Å². The van der Waals surface area contributed by atoms with Gasteiger partial charge in [0.1, 0.15) is 11.5 Å². The minimum atomic E-state index is -0.137. The first kappa shape index (κ1) is 14.6. The molecule has 3 aromatic heterocycles. The molecule has 0 bridgehead atoms. The second-order valence-corrected chi connectivity index (χ2v) is 5.71. The van der Waals surface area contributed by atoms with Gasteiger partial charge in [-0.3, -0.25) is 4.79 Å². The van der Waals surface area contributed by atoms with Gasteiger partial charge in [-0.2, -0.15) is 0 Å². The highest BCUT2D eigenvalue weighted by Gasteiger charge is 2.34.